The van der Waals surface area contributed by atoms with Crippen molar-refractivity contribution in [3.8, 4) is 0 Å². The molecule has 0 spiro atoms. The second kappa shape index (κ2) is 5.04. The molecule has 0 saturated heterocycles. The van der Waals surface area contributed by atoms with Crippen molar-refractivity contribution in [1.82, 2.24) is 9.97 Å². The lowest BCUT2D eigenvalue weighted by Gasteiger charge is -2.30. The molecule has 1 aromatic rings. The van der Waals surface area contributed by atoms with E-state index in [0.717, 1.165) is 31.5 Å². The summed E-state index contributed by atoms with van der Waals surface area (Å²) in [7, 11) is 0. The van der Waals surface area contributed by atoms with Gasteiger partial charge in [-0.1, -0.05) is 12.8 Å². The molecule has 0 amide bonds. The molecule has 1 heterocycles. The van der Waals surface area contributed by atoms with E-state index in [0.29, 0.717) is 5.88 Å². The molecule has 3 rings (SSSR count). The Hall–Kier alpha value is -0.830. The SMILES string of the molecule is ClCC1(Nc2ncnc3c2CCCC3)CCCC1. The number of nitrogens with one attached hydrogen (secondary N) is 1. The second-order valence-corrected chi connectivity index (χ2v) is 5.87. The zero-order valence-electron chi connectivity index (χ0n) is 10.7. The van der Waals surface area contributed by atoms with E-state index < -0.39 is 0 Å². The predicted octanol–water partition coefficient (Wildman–Crippen LogP) is 3.32. The van der Waals surface area contributed by atoms with Crippen LogP contribution in [0.25, 0.3) is 0 Å². The van der Waals surface area contributed by atoms with Gasteiger partial charge in [-0.05, 0) is 38.5 Å². The highest BCUT2D eigenvalue weighted by atomic mass is 35.5. The van der Waals surface area contributed by atoms with Gasteiger partial charge >= 0.3 is 0 Å². The minimum atomic E-state index is 0.0706. The third kappa shape index (κ3) is 2.20. The first-order valence-corrected chi connectivity index (χ1v) is 7.53. The standard InChI is InChI=1S/C14H20ClN3/c15-9-14(7-3-4-8-14)18-13-11-5-1-2-6-12(11)16-10-17-13/h10H,1-9H2,(H,16,17,18). The molecule has 0 radical (unpaired) electrons. The highest BCUT2D eigenvalue weighted by molar-refractivity contribution is 6.18. The summed E-state index contributed by atoms with van der Waals surface area (Å²) >= 11 is 6.19. The van der Waals surface area contributed by atoms with Crippen LogP contribution >= 0.6 is 11.6 Å². The van der Waals surface area contributed by atoms with Crippen LogP contribution in [0.2, 0.25) is 0 Å². The predicted molar refractivity (Wildman–Crippen MR) is 74.2 cm³/mol. The fourth-order valence-electron chi connectivity index (χ4n) is 3.22. The Morgan fingerprint density at radius 1 is 1.11 bits per heavy atom. The number of fused-ring (bicyclic) bond motifs is 1. The molecular weight excluding hydrogens is 246 g/mol. The summed E-state index contributed by atoms with van der Waals surface area (Å²) in [4.78, 5) is 8.89. The first-order valence-electron chi connectivity index (χ1n) is 7.00. The third-order valence-electron chi connectivity index (χ3n) is 4.32. The summed E-state index contributed by atoms with van der Waals surface area (Å²) in [6, 6.07) is 0. The number of halogens is 1. The van der Waals surface area contributed by atoms with E-state index in [1.807, 2.05) is 0 Å². The van der Waals surface area contributed by atoms with Crippen molar-refractivity contribution in [1.29, 1.82) is 0 Å². The molecule has 2 aliphatic rings. The van der Waals surface area contributed by atoms with E-state index in [-0.39, 0.29) is 5.54 Å². The fraction of sp³-hybridized carbons (Fsp3) is 0.714. The number of aromatic nitrogens is 2. The summed E-state index contributed by atoms with van der Waals surface area (Å²) in [5.74, 6) is 1.72. The Kier molecular flexibility index (Phi) is 3.42. The van der Waals surface area contributed by atoms with Crippen LogP contribution in [0.5, 0.6) is 0 Å². The number of anilines is 1. The van der Waals surface area contributed by atoms with Crippen LogP contribution in [0.15, 0.2) is 6.33 Å². The molecule has 0 aliphatic heterocycles. The van der Waals surface area contributed by atoms with Gasteiger partial charge in [0.25, 0.3) is 0 Å². The second-order valence-electron chi connectivity index (χ2n) is 5.60. The maximum Gasteiger partial charge on any atom is 0.133 e. The Bertz CT molecular complexity index is 427. The number of alkyl halides is 1. The molecule has 2 aliphatic carbocycles. The average molecular weight is 266 g/mol. The van der Waals surface area contributed by atoms with Crippen LogP contribution in [0.3, 0.4) is 0 Å². The van der Waals surface area contributed by atoms with Crippen molar-refractivity contribution in [2.24, 2.45) is 0 Å². The van der Waals surface area contributed by atoms with E-state index in [4.69, 9.17) is 11.6 Å². The molecule has 0 aromatic carbocycles. The van der Waals surface area contributed by atoms with E-state index in [9.17, 15) is 0 Å². The minimum Gasteiger partial charge on any atom is -0.363 e. The van der Waals surface area contributed by atoms with Gasteiger partial charge in [-0.15, -0.1) is 11.6 Å². The van der Waals surface area contributed by atoms with Gasteiger partial charge < -0.3 is 5.32 Å². The van der Waals surface area contributed by atoms with E-state index in [2.05, 4.69) is 15.3 Å². The van der Waals surface area contributed by atoms with Gasteiger partial charge in [0.2, 0.25) is 0 Å². The van der Waals surface area contributed by atoms with Crippen LogP contribution in [0, 0.1) is 0 Å². The highest BCUT2D eigenvalue weighted by Gasteiger charge is 2.34. The monoisotopic (exact) mass is 265 g/mol. The summed E-state index contributed by atoms with van der Waals surface area (Å²) in [5.41, 5.74) is 2.64. The molecule has 98 valence electrons. The summed E-state index contributed by atoms with van der Waals surface area (Å²) in [6.07, 6.45) is 11.3. The van der Waals surface area contributed by atoms with Crippen LogP contribution in [-0.4, -0.2) is 21.4 Å². The molecule has 1 N–H and O–H groups in total. The quantitative estimate of drug-likeness (QED) is 0.852. The smallest absolute Gasteiger partial charge is 0.133 e. The molecule has 0 atom stereocenters. The normalized spacial score (nSPS) is 21.6. The van der Waals surface area contributed by atoms with Crippen molar-refractivity contribution >= 4 is 17.4 Å². The first-order chi connectivity index (χ1) is 8.83. The van der Waals surface area contributed by atoms with Gasteiger partial charge in [0.1, 0.15) is 12.1 Å². The summed E-state index contributed by atoms with van der Waals surface area (Å²) in [5, 5.41) is 3.65. The Morgan fingerprint density at radius 2 is 1.89 bits per heavy atom. The molecular formula is C14H20ClN3. The first kappa shape index (κ1) is 12.2. The lowest BCUT2D eigenvalue weighted by atomic mass is 9.94. The number of aryl methyl sites for hydroxylation is 1. The van der Waals surface area contributed by atoms with Crippen LogP contribution in [0.4, 0.5) is 5.82 Å². The highest BCUT2D eigenvalue weighted by Crippen LogP contribution is 2.35. The largest absolute Gasteiger partial charge is 0.363 e. The van der Waals surface area contributed by atoms with Crippen molar-refractivity contribution in [2.75, 3.05) is 11.2 Å². The van der Waals surface area contributed by atoms with Gasteiger partial charge in [-0.2, -0.15) is 0 Å². The molecule has 3 nitrogen and oxygen atoms in total. The molecule has 4 heteroatoms. The van der Waals surface area contributed by atoms with E-state index >= 15 is 0 Å². The summed E-state index contributed by atoms with van der Waals surface area (Å²) < 4.78 is 0. The maximum atomic E-state index is 6.19. The van der Waals surface area contributed by atoms with Crippen LogP contribution < -0.4 is 5.32 Å². The van der Waals surface area contributed by atoms with Crippen molar-refractivity contribution in [3.63, 3.8) is 0 Å². The number of hydrogen-bond donors (Lipinski definition) is 1. The molecule has 0 bridgehead atoms. The van der Waals surface area contributed by atoms with E-state index in [1.54, 1.807) is 6.33 Å². The van der Waals surface area contributed by atoms with Crippen LogP contribution in [0.1, 0.15) is 49.8 Å². The topological polar surface area (TPSA) is 37.8 Å². The number of rotatable bonds is 3. The van der Waals surface area contributed by atoms with Crippen LogP contribution in [-0.2, 0) is 12.8 Å². The van der Waals surface area contributed by atoms with Crippen molar-refractivity contribution in [2.45, 2.75) is 56.9 Å². The minimum absolute atomic E-state index is 0.0706. The molecule has 1 aromatic heterocycles. The third-order valence-corrected chi connectivity index (χ3v) is 4.84. The number of hydrogen-bond acceptors (Lipinski definition) is 3. The summed E-state index contributed by atoms with van der Waals surface area (Å²) in [6.45, 7) is 0. The lowest BCUT2D eigenvalue weighted by molar-refractivity contribution is 0.534. The van der Waals surface area contributed by atoms with Crippen molar-refractivity contribution in [3.05, 3.63) is 17.6 Å². The molecule has 18 heavy (non-hydrogen) atoms. The molecule has 1 fully saturated rings. The average Bonchev–Trinajstić information content (AvgIpc) is 2.88. The fourth-order valence-corrected chi connectivity index (χ4v) is 3.56. The van der Waals surface area contributed by atoms with E-state index in [1.165, 1.54) is 36.9 Å². The van der Waals surface area contributed by atoms with Gasteiger partial charge in [-0.3, -0.25) is 0 Å². The Balaban J connectivity index is 1.88. The number of nitrogens with zero attached hydrogens (tertiary/aromatic N) is 2. The zero-order valence-corrected chi connectivity index (χ0v) is 11.5. The Morgan fingerprint density at radius 3 is 2.67 bits per heavy atom. The zero-order chi connectivity index (χ0) is 12.4. The van der Waals surface area contributed by atoms with Gasteiger partial charge in [0.05, 0.1) is 5.54 Å². The molecule has 0 unspecified atom stereocenters. The van der Waals surface area contributed by atoms with Crippen molar-refractivity contribution < 1.29 is 0 Å². The lowest BCUT2D eigenvalue weighted by Crippen LogP contribution is -2.38. The van der Waals surface area contributed by atoms with Gasteiger partial charge in [-0.25, -0.2) is 9.97 Å². The maximum absolute atomic E-state index is 6.19. The molecule has 1 saturated carbocycles. The van der Waals surface area contributed by atoms with Gasteiger partial charge in [0.15, 0.2) is 0 Å². The Labute approximate surface area is 113 Å². The van der Waals surface area contributed by atoms with Gasteiger partial charge in [0, 0.05) is 17.1 Å².